The van der Waals surface area contributed by atoms with Gasteiger partial charge < -0.3 is 14.6 Å². The van der Waals surface area contributed by atoms with E-state index in [0.29, 0.717) is 5.76 Å². The first-order valence-corrected chi connectivity index (χ1v) is 12.9. The molecule has 0 amide bonds. The lowest BCUT2D eigenvalue weighted by molar-refractivity contribution is 0.325. The number of hydrogen-bond acceptors (Lipinski definition) is 3. The Morgan fingerprint density at radius 2 is 1.17 bits per heavy atom. The zero-order valence-corrected chi connectivity index (χ0v) is 21.5. The Labute approximate surface area is 211 Å². The van der Waals surface area contributed by atoms with Crippen molar-refractivity contribution in [2.45, 2.75) is 63.7 Å². The van der Waals surface area contributed by atoms with Crippen LogP contribution in [0, 0.1) is 0 Å². The fourth-order valence-corrected chi connectivity index (χ4v) is 4.97. The van der Waals surface area contributed by atoms with Gasteiger partial charge >= 0.3 is 0 Å². The average molecular weight is 473 g/mol. The molecule has 3 aromatic rings. The van der Waals surface area contributed by atoms with Crippen LogP contribution in [0.25, 0.3) is 0 Å². The molecule has 0 spiro atoms. The van der Waals surface area contributed by atoms with Gasteiger partial charge in [0.2, 0.25) is 0 Å². The Balaban J connectivity index is 2.10. The number of methoxy groups -OCH3 is 2. The predicted octanol–water partition coefficient (Wildman–Crippen LogP) is 8.62. The summed E-state index contributed by atoms with van der Waals surface area (Å²) in [5, 5.41) is 12.0. The Kier molecular flexibility index (Phi) is 10.3. The Morgan fingerprint density at radius 1 is 0.686 bits per heavy atom. The Hall–Kier alpha value is -3.20. The van der Waals surface area contributed by atoms with Crippen LogP contribution < -0.4 is 9.47 Å². The third-order valence-corrected chi connectivity index (χ3v) is 6.76. The minimum Gasteiger partial charge on any atom is -0.511 e. The minimum atomic E-state index is -0.971. The first-order valence-electron chi connectivity index (χ1n) is 12.9. The van der Waals surface area contributed by atoms with E-state index in [0.717, 1.165) is 41.0 Å². The third kappa shape index (κ3) is 6.08. The molecule has 0 saturated carbocycles. The van der Waals surface area contributed by atoms with E-state index in [1.165, 1.54) is 38.5 Å². The van der Waals surface area contributed by atoms with Crippen LogP contribution in [0.1, 0.15) is 75.0 Å². The average Bonchev–Trinajstić information content (AvgIpc) is 2.92. The van der Waals surface area contributed by atoms with Crippen molar-refractivity contribution in [3.63, 3.8) is 0 Å². The number of para-hydroxylation sites is 2. The summed E-state index contributed by atoms with van der Waals surface area (Å²) in [7, 11) is 3.35. The monoisotopic (exact) mass is 472 g/mol. The minimum absolute atomic E-state index is 0.295. The van der Waals surface area contributed by atoms with Gasteiger partial charge in [-0.1, -0.05) is 112 Å². The van der Waals surface area contributed by atoms with Gasteiger partial charge in [0.15, 0.2) is 0 Å². The van der Waals surface area contributed by atoms with E-state index < -0.39 is 5.41 Å². The molecule has 3 aromatic carbocycles. The van der Waals surface area contributed by atoms with Crippen LogP contribution in [0.4, 0.5) is 0 Å². The molecule has 0 aromatic heterocycles. The molecule has 3 heteroatoms. The molecule has 0 unspecified atom stereocenters. The van der Waals surface area contributed by atoms with Crippen LogP contribution in [0.5, 0.6) is 11.5 Å². The number of aliphatic hydroxyl groups is 1. The van der Waals surface area contributed by atoms with Crippen molar-refractivity contribution in [1.29, 1.82) is 0 Å². The number of aliphatic hydroxyl groups excluding tert-OH is 1. The van der Waals surface area contributed by atoms with Crippen molar-refractivity contribution in [3.05, 3.63) is 107 Å². The highest BCUT2D eigenvalue weighted by molar-refractivity contribution is 5.63. The van der Waals surface area contributed by atoms with E-state index in [4.69, 9.17) is 9.47 Å². The summed E-state index contributed by atoms with van der Waals surface area (Å²) >= 11 is 0. The maximum Gasteiger partial charge on any atom is 0.123 e. The highest BCUT2D eigenvalue weighted by Gasteiger charge is 2.44. The SMILES string of the molecule is CCCCCCCCC/C=C(/O)C(c1ccccc1)(c1ccccc1OC)c1ccccc1OC. The van der Waals surface area contributed by atoms with Crippen molar-refractivity contribution in [2.75, 3.05) is 14.2 Å². The maximum absolute atomic E-state index is 12.0. The molecule has 186 valence electrons. The molecule has 0 heterocycles. The van der Waals surface area contributed by atoms with Gasteiger partial charge in [-0.05, 0) is 36.6 Å². The molecule has 3 nitrogen and oxygen atoms in total. The summed E-state index contributed by atoms with van der Waals surface area (Å²) in [4.78, 5) is 0. The molecule has 0 aliphatic heterocycles. The first kappa shape index (κ1) is 26.4. The van der Waals surface area contributed by atoms with E-state index in [-0.39, 0.29) is 0 Å². The number of unbranched alkanes of at least 4 members (excludes halogenated alkanes) is 7. The van der Waals surface area contributed by atoms with Crippen molar-refractivity contribution >= 4 is 0 Å². The summed E-state index contributed by atoms with van der Waals surface area (Å²) in [5.74, 6) is 1.74. The van der Waals surface area contributed by atoms with Gasteiger partial charge in [0.1, 0.15) is 22.7 Å². The lowest BCUT2D eigenvalue weighted by Crippen LogP contribution is -2.33. The van der Waals surface area contributed by atoms with Gasteiger partial charge in [-0.25, -0.2) is 0 Å². The van der Waals surface area contributed by atoms with Crippen LogP contribution in [-0.2, 0) is 5.41 Å². The van der Waals surface area contributed by atoms with Crippen LogP contribution in [-0.4, -0.2) is 19.3 Å². The molecular formula is C32H40O3. The summed E-state index contributed by atoms with van der Waals surface area (Å²) in [6.45, 7) is 2.25. The van der Waals surface area contributed by atoms with Crippen molar-refractivity contribution in [1.82, 2.24) is 0 Å². The molecule has 1 N–H and O–H groups in total. The standard InChI is InChI=1S/C32H40O3/c1-4-5-6-7-8-9-10-14-25-31(33)32(26-19-12-11-13-20-26,27-21-15-17-23-29(27)34-2)28-22-16-18-24-30(28)35-3/h11-13,15-25,33H,4-10,14H2,1-3H3/b31-25+. The van der Waals surface area contributed by atoms with Gasteiger partial charge in [0.25, 0.3) is 0 Å². The normalized spacial score (nSPS) is 11.9. The first-order chi connectivity index (χ1) is 17.2. The highest BCUT2D eigenvalue weighted by Crippen LogP contribution is 2.50. The van der Waals surface area contributed by atoms with E-state index in [1.54, 1.807) is 14.2 Å². The molecule has 0 atom stereocenters. The van der Waals surface area contributed by atoms with Gasteiger partial charge in [-0.15, -0.1) is 0 Å². The second-order valence-corrected chi connectivity index (χ2v) is 9.02. The summed E-state index contributed by atoms with van der Waals surface area (Å²) < 4.78 is 11.7. The fourth-order valence-electron chi connectivity index (χ4n) is 4.97. The second kappa shape index (κ2) is 13.6. The quantitative estimate of drug-likeness (QED) is 0.145. The highest BCUT2D eigenvalue weighted by atomic mass is 16.5. The second-order valence-electron chi connectivity index (χ2n) is 9.02. The molecule has 35 heavy (non-hydrogen) atoms. The van der Waals surface area contributed by atoms with Gasteiger partial charge in [0.05, 0.1) is 14.2 Å². The van der Waals surface area contributed by atoms with Crippen LogP contribution in [0.2, 0.25) is 0 Å². The fraction of sp³-hybridized carbons (Fsp3) is 0.375. The maximum atomic E-state index is 12.0. The summed E-state index contributed by atoms with van der Waals surface area (Å²) in [6, 6.07) is 26.0. The van der Waals surface area contributed by atoms with Gasteiger partial charge in [-0.2, -0.15) is 0 Å². The molecule has 0 saturated heterocycles. The molecule has 0 aliphatic rings. The summed E-state index contributed by atoms with van der Waals surface area (Å²) in [5.41, 5.74) is 1.75. The number of rotatable bonds is 14. The number of benzene rings is 3. The topological polar surface area (TPSA) is 38.7 Å². The van der Waals surface area contributed by atoms with Crippen LogP contribution >= 0.6 is 0 Å². The van der Waals surface area contributed by atoms with Gasteiger partial charge in [-0.3, -0.25) is 0 Å². The number of hydrogen-bond donors (Lipinski definition) is 1. The lowest BCUT2D eigenvalue weighted by Gasteiger charge is -2.37. The van der Waals surface area contributed by atoms with Crippen molar-refractivity contribution in [2.24, 2.45) is 0 Å². The molecule has 0 fully saturated rings. The molecule has 0 bridgehead atoms. The van der Waals surface area contributed by atoms with Crippen molar-refractivity contribution in [3.8, 4) is 11.5 Å². The Bertz CT molecular complexity index is 1010. The number of allylic oxidation sites excluding steroid dienone is 2. The zero-order valence-electron chi connectivity index (χ0n) is 21.5. The van der Waals surface area contributed by atoms with Crippen LogP contribution in [0.3, 0.4) is 0 Å². The van der Waals surface area contributed by atoms with Crippen LogP contribution in [0.15, 0.2) is 90.7 Å². The molecule has 3 rings (SSSR count). The molecule has 0 radical (unpaired) electrons. The van der Waals surface area contributed by atoms with E-state index in [1.807, 2.05) is 72.8 Å². The molecular weight excluding hydrogens is 432 g/mol. The molecule has 0 aliphatic carbocycles. The van der Waals surface area contributed by atoms with E-state index in [9.17, 15) is 5.11 Å². The van der Waals surface area contributed by atoms with E-state index >= 15 is 0 Å². The van der Waals surface area contributed by atoms with Gasteiger partial charge in [0, 0.05) is 11.1 Å². The Morgan fingerprint density at radius 3 is 1.71 bits per heavy atom. The van der Waals surface area contributed by atoms with Crippen molar-refractivity contribution < 1.29 is 14.6 Å². The largest absolute Gasteiger partial charge is 0.511 e. The number of ether oxygens (including phenoxy) is 2. The smallest absolute Gasteiger partial charge is 0.123 e. The zero-order chi connectivity index (χ0) is 24.9. The van der Waals surface area contributed by atoms with E-state index in [2.05, 4.69) is 19.1 Å². The summed E-state index contributed by atoms with van der Waals surface area (Å²) in [6.07, 6.45) is 11.5. The predicted molar refractivity (Wildman–Crippen MR) is 146 cm³/mol. The third-order valence-electron chi connectivity index (χ3n) is 6.76. The lowest BCUT2D eigenvalue weighted by atomic mass is 9.67.